The molecule has 4 heteroatoms. The molecule has 98 valence electrons. The van der Waals surface area contributed by atoms with E-state index in [0.717, 1.165) is 19.3 Å². The molecule has 1 aromatic rings. The zero-order chi connectivity index (χ0) is 13.1. The molecule has 1 saturated carbocycles. The summed E-state index contributed by atoms with van der Waals surface area (Å²) in [4.78, 5) is 28.5. The van der Waals surface area contributed by atoms with Crippen LogP contribution in [0.3, 0.4) is 0 Å². The van der Waals surface area contributed by atoms with Gasteiger partial charge in [-0.25, -0.2) is 0 Å². The molecule has 1 heterocycles. The summed E-state index contributed by atoms with van der Waals surface area (Å²) in [5, 5.41) is 0. The fourth-order valence-electron chi connectivity index (χ4n) is 2.69. The average Bonchev–Trinajstić information content (AvgIpc) is 2.37. The number of aromatic amines is 1. The van der Waals surface area contributed by atoms with Crippen molar-refractivity contribution < 1.29 is 4.79 Å². The number of nitrogens with one attached hydrogen (secondary N) is 1. The second kappa shape index (κ2) is 5.38. The zero-order valence-electron chi connectivity index (χ0n) is 11.0. The van der Waals surface area contributed by atoms with Gasteiger partial charge in [-0.1, -0.05) is 19.8 Å². The lowest BCUT2D eigenvalue weighted by Crippen LogP contribution is -2.41. The van der Waals surface area contributed by atoms with Gasteiger partial charge in [0.15, 0.2) is 5.43 Å². The highest BCUT2D eigenvalue weighted by Crippen LogP contribution is 2.27. The van der Waals surface area contributed by atoms with Crippen LogP contribution in [0.4, 0.5) is 0 Å². The minimum atomic E-state index is -0.213. The molecular formula is C14H20N2O2. The molecule has 2 rings (SSSR count). The largest absolute Gasteiger partial charge is 0.367 e. The third-order valence-corrected chi connectivity index (χ3v) is 3.83. The van der Waals surface area contributed by atoms with E-state index in [-0.39, 0.29) is 22.9 Å². The molecule has 18 heavy (non-hydrogen) atoms. The summed E-state index contributed by atoms with van der Waals surface area (Å²) < 4.78 is 0. The van der Waals surface area contributed by atoms with E-state index in [1.54, 1.807) is 18.1 Å². The number of aromatic nitrogens is 1. The van der Waals surface area contributed by atoms with Gasteiger partial charge >= 0.3 is 0 Å². The summed E-state index contributed by atoms with van der Waals surface area (Å²) in [6, 6.07) is 1.66. The van der Waals surface area contributed by atoms with E-state index >= 15 is 0 Å². The smallest absolute Gasteiger partial charge is 0.259 e. The topological polar surface area (TPSA) is 53.2 Å². The highest BCUT2D eigenvalue weighted by atomic mass is 16.2. The van der Waals surface area contributed by atoms with Crippen molar-refractivity contribution in [3.8, 4) is 0 Å². The standard InChI is InChI=1S/C14H20N2O2/c1-10-4-3-5-11(8-10)16(2)14(18)12-9-15-7-6-13(12)17/h6-7,9-11H,3-5,8H2,1-2H3,(H,15,17). The highest BCUT2D eigenvalue weighted by molar-refractivity contribution is 5.93. The Morgan fingerprint density at radius 2 is 2.22 bits per heavy atom. The van der Waals surface area contributed by atoms with Gasteiger partial charge in [0.25, 0.3) is 5.91 Å². The molecule has 2 unspecified atom stereocenters. The summed E-state index contributed by atoms with van der Waals surface area (Å²) in [6.45, 7) is 2.22. The van der Waals surface area contributed by atoms with E-state index in [2.05, 4.69) is 11.9 Å². The number of hydrogen-bond acceptors (Lipinski definition) is 2. The van der Waals surface area contributed by atoms with Gasteiger partial charge < -0.3 is 9.88 Å². The Morgan fingerprint density at radius 3 is 2.89 bits per heavy atom. The first-order valence-electron chi connectivity index (χ1n) is 6.54. The van der Waals surface area contributed by atoms with Gasteiger partial charge in [-0.15, -0.1) is 0 Å². The lowest BCUT2D eigenvalue weighted by atomic mass is 9.86. The molecule has 0 spiro atoms. The van der Waals surface area contributed by atoms with Crippen LogP contribution >= 0.6 is 0 Å². The minimum Gasteiger partial charge on any atom is -0.367 e. The zero-order valence-corrected chi connectivity index (χ0v) is 11.0. The second-order valence-corrected chi connectivity index (χ2v) is 5.26. The number of pyridine rings is 1. The average molecular weight is 248 g/mol. The van der Waals surface area contributed by atoms with E-state index in [1.165, 1.54) is 18.7 Å². The van der Waals surface area contributed by atoms with Gasteiger partial charge in [-0.3, -0.25) is 9.59 Å². The summed E-state index contributed by atoms with van der Waals surface area (Å²) in [7, 11) is 1.80. The Labute approximate surface area is 107 Å². The fourth-order valence-corrected chi connectivity index (χ4v) is 2.69. The van der Waals surface area contributed by atoms with Crippen molar-refractivity contribution in [3.63, 3.8) is 0 Å². The van der Waals surface area contributed by atoms with Gasteiger partial charge in [0.05, 0.1) is 0 Å². The van der Waals surface area contributed by atoms with Crippen molar-refractivity contribution in [2.24, 2.45) is 5.92 Å². The van der Waals surface area contributed by atoms with E-state index in [9.17, 15) is 9.59 Å². The lowest BCUT2D eigenvalue weighted by molar-refractivity contribution is 0.0670. The van der Waals surface area contributed by atoms with Crippen molar-refractivity contribution >= 4 is 5.91 Å². The Bertz CT molecular complexity index is 481. The molecule has 4 nitrogen and oxygen atoms in total. The predicted octanol–water partition coefficient (Wildman–Crippen LogP) is 2.03. The monoisotopic (exact) mass is 248 g/mol. The predicted molar refractivity (Wildman–Crippen MR) is 70.6 cm³/mol. The van der Waals surface area contributed by atoms with Crippen LogP contribution < -0.4 is 5.43 Å². The van der Waals surface area contributed by atoms with Gasteiger partial charge in [-0.2, -0.15) is 0 Å². The third-order valence-electron chi connectivity index (χ3n) is 3.83. The van der Waals surface area contributed by atoms with E-state index in [4.69, 9.17) is 0 Å². The Hall–Kier alpha value is -1.58. The van der Waals surface area contributed by atoms with Gasteiger partial charge in [0.1, 0.15) is 5.56 Å². The molecule has 1 N–H and O–H groups in total. The van der Waals surface area contributed by atoms with Crippen molar-refractivity contribution in [1.82, 2.24) is 9.88 Å². The molecule has 0 saturated heterocycles. The van der Waals surface area contributed by atoms with Crippen molar-refractivity contribution in [2.75, 3.05) is 7.05 Å². The number of nitrogens with zero attached hydrogens (tertiary/aromatic N) is 1. The maximum absolute atomic E-state index is 12.3. The van der Waals surface area contributed by atoms with Crippen LogP contribution in [0.15, 0.2) is 23.3 Å². The Kier molecular flexibility index (Phi) is 3.84. The molecule has 1 amide bonds. The van der Waals surface area contributed by atoms with Crippen LogP contribution in [0.5, 0.6) is 0 Å². The molecule has 0 bridgehead atoms. The van der Waals surface area contributed by atoms with E-state index < -0.39 is 0 Å². The first kappa shape index (κ1) is 12.9. The van der Waals surface area contributed by atoms with Crippen molar-refractivity contribution in [3.05, 3.63) is 34.2 Å². The minimum absolute atomic E-state index is 0.170. The van der Waals surface area contributed by atoms with Crippen LogP contribution in [-0.2, 0) is 0 Å². The van der Waals surface area contributed by atoms with Crippen LogP contribution in [-0.4, -0.2) is 28.9 Å². The molecular weight excluding hydrogens is 228 g/mol. The summed E-state index contributed by atoms with van der Waals surface area (Å²) in [6.07, 6.45) is 7.51. The first-order valence-corrected chi connectivity index (χ1v) is 6.54. The van der Waals surface area contributed by atoms with Crippen LogP contribution in [0.1, 0.15) is 43.0 Å². The number of carbonyl (C=O) groups is 1. The number of rotatable bonds is 2. The quantitative estimate of drug-likeness (QED) is 0.870. The summed E-state index contributed by atoms with van der Waals surface area (Å²) >= 11 is 0. The first-order chi connectivity index (χ1) is 8.59. The molecule has 2 atom stereocenters. The molecule has 1 aliphatic rings. The molecule has 0 aliphatic heterocycles. The third kappa shape index (κ3) is 2.63. The number of carbonyl (C=O) groups excluding carboxylic acids is 1. The normalized spacial score (nSPS) is 23.7. The van der Waals surface area contributed by atoms with Crippen molar-refractivity contribution in [2.45, 2.75) is 38.6 Å². The number of hydrogen-bond donors (Lipinski definition) is 1. The number of amides is 1. The van der Waals surface area contributed by atoms with Crippen LogP contribution in [0.25, 0.3) is 0 Å². The SMILES string of the molecule is CC1CCCC(N(C)C(=O)c2c[nH]ccc2=O)C1. The molecule has 0 aromatic carbocycles. The second-order valence-electron chi connectivity index (χ2n) is 5.26. The van der Waals surface area contributed by atoms with Gasteiger partial charge in [0.2, 0.25) is 0 Å². The Balaban J connectivity index is 2.14. The maximum atomic E-state index is 12.3. The summed E-state index contributed by atoms with van der Waals surface area (Å²) in [5.41, 5.74) is 0.0210. The van der Waals surface area contributed by atoms with E-state index in [0.29, 0.717) is 5.92 Å². The van der Waals surface area contributed by atoms with Crippen LogP contribution in [0.2, 0.25) is 0 Å². The lowest BCUT2D eigenvalue weighted by Gasteiger charge is -2.34. The Morgan fingerprint density at radius 1 is 1.44 bits per heavy atom. The van der Waals surface area contributed by atoms with Gasteiger partial charge in [0, 0.05) is 31.5 Å². The molecule has 1 aromatic heterocycles. The summed E-state index contributed by atoms with van der Waals surface area (Å²) in [5.74, 6) is 0.490. The van der Waals surface area contributed by atoms with Crippen LogP contribution in [0, 0.1) is 5.92 Å². The molecule has 0 radical (unpaired) electrons. The molecule has 1 fully saturated rings. The fraction of sp³-hybridized carbons (Fsp3) is 0.571. The molecule has 1 aliphatic carbocycles. The highest BCUT2D eigenvalue weighted by Gasteiger charge is 2.26. The van der Waals surface area contributed by atoms with Crippen molar-refractivity contribution in [1.29, 1.82) is 0 Å². The van der Waals surface area contributed by atoms with Gasteiger partial charge in [-0.05, 0) is 18.8 Å². The maximum Gasteiger partial charge on any atom is 0.259 e. The number of H-pyrrole nitrogens is 1. The van der Waals surface area contributed by atoms with E-state index in [1.807, 2.05) is 0 Å².